The number of aromatic nitrogens is 1. The largest absolute Gasteiger partial charge is 0.382 e. The fourth-order valence-corrected chi connectivity index (χ4v) is 3.84. The van der Waals surface area contributed by atoms with Crippen molar-refractivity contribution in [1.82, 2.24) is 10.3 Å². The van der Waals surface area contributed by atoms with Crippen LogP contribution in [0.15, 0.2) is 0 Å². The topological polar surface area (TPSA) is 80.0 Å². The van der Waals surface area contributed by atoms with E-state index in [9.17, 15) is 4.79 Å². The fourth-order valence-electron chi connectivity index (χ4n) is 2.98. The molecule has 1 aromatic heterocycles. The van der Waals surface area contributed by atoms with Crippen molar-refractivity contribution in [2.45, 2.75) is 46.1 Å². The third-order valence-corrected chi connectivity index (χ3v) is 5.28. The normalized spacial score (nSPS) is 25.6. The summed E-state index contributed by atoms with van der Waals surface area (Å²) in [6.07, 6.45) is 3.44. The van der Waals surface area contributed by atoms with Gasteiger partial charge in [-0.15, -0.1) is 0 Å². The van der Waals surface area contributed by atoms with Crippen LogP contribution < -0.4 is 16.4 Å². The molecule has 0 bridgehead atoms. The molecule has 1 aromatic rings. The number of anilines is 2. The lowest BCUT2D eigenvalue weighted by molar-refractivity contribution is 0.0931. The van der Waals surface area contributed by atoms with Gasteiger partial charge in [0, 0.05) is 12.6 Å². The highest BCUT2D eigenvalue weighted by Gasteiger charge is 2.33. The molecule has 0 spiro atoms. The minimum atomic E-state index is -0.0854. The number of hydrogen-bond acceptors (Lipinski definition) is 5. The fraction of sp³-hybridized carbons (Fsp3) is 0.714. The molecule has 112 valence electrons. The maximum absolute atomic E-state index is 12.3. The van der Waals surface area contributed by atoms with E-state index in [1.54, 1.807) is 0 Å². The summed E-state index contributed by atoms with van der Waals surface area (Å²) in [4.78, 5) is 17.0. The average Bonchev–Trinajstić information content (AvgIpc) is 2.94. The van der Waals surface area contributed by atoms with Crippen LogP contribution in [-0.4, -0.2) is 23.5 Å². The minimum Gasteiger partial charge on any atom is -0.382 e. The lowest BCUT2D eigenvalue weighted by atomic mass is 9.93. The predicted octanol–water partition coefficient (Wildman–Crippen LogP) is 2.71. The van der Waals surface area contributed by atoms with E-state index in [0.717, 1.165) is 18.9 Å². The molecule has 1 fully saturated rings. The summed E-state index contributed by atoms with van der Waals surface area (Å²) in [6.45, 7) is 7.20. The van der Waals surface area contributed by atoms with Crippen molar-refractivity contribution in [2.24, 2.45) is 11.8 Å². The van der Waals surface area contributed by atoms with Crippen molar-refractivity contribution < 1.29 is 4.79 Å². The number of hydrogen-bond donors (Lipinski definition) is 3. The van der Waals surface area contributed by atoms with Crippen molar-refractivity contribution >= 4 is 28.2 Å². The smallest absolute Gasteiger partial charge is 0.265 e. The number of carbonyl (C=O) groups excluding carboxylic acids is 1. The van der Waals surface area contributed by atoms with Crippen LogP contribution in [0.4, 0.5) is 10.9 Å². The molecular weight excluding hydrogens is 272 g/mol. The van der Waals surface area contributed by atoms with E-state index in [2.05, 4.69) is 29.5 Å². The van der Waals surface area contributed by atoms with Crippen LogP contribution in [0, 0.1) is 11.8 Å². The molecule has 0 aliphatic heterocycles. The summed E-state index contributed by atoms with van der Waals surface area (Å²) in [7, 11) is 0. The van der Waals surface area contributed by atoms with Gasteiger partial charge in [-0.2, -0.15) is 0 Å². The lowest BCUT2D eigenvalue weighted by Gasteiger charge is -2.20. The average molecular weight is 296 g/mol. The summed E-state index contributed by atoms with van der Waals surface area (Å²) < 4.78 is 0. The second-order valence-electron chi connectivity index (χ2n) is 5.45. The molecule has 6 heteroatoms. The molecule has 1 saturated carbocycles. The third kappa shape index (κ3) is 3.06. The molecule has 1 aliphatic carbocycles. The van der Waals surface area contributed by atoms with Gasteiger partial charge in [0.05, 0.1) is 0 Å². The molecule has 1 heterocycles. The number of nitrogens with two attached hydrogens (primary N) is 1. The zero-order valence-electron chi connectivity index (χ0n) is 12.4. The van der Waals surface area contributed by atoms with E-state index in [-0.39, 0.29) is 11.9 Å². The van der Waals surface area contributed by atoms with Gasteiger partial charge >= 0.3 is 0 Å². The Morgan fingerprint density at radius 1 is 1.45 bits per heavy atom. The molecule has 20 heavy (non-hydrogen) atoms. The number of thiazole rings is 1. The Balaban J connectivity index is 2.02. The standard InChI is InChI=1S/C14H24N4OS/c1-4-9-6-7-10(8(9)3)17-13(19)11-12(15)18-14(20-11)16-5-2/h8-10H,4-7,15H2,1-3H3,(H,16,18)(H,17,19). The molecule has 3 unspecified atom stereocenters. The summed E-state index contributed by atoms with van der Waals surface area (Å²) in [5, 5.41) is 6.93. The molecule has 0 radical (unpaired) electrons. The summed E-state index contributed by atoms with van der Waals surface area (Å²) >= 11 is 1.32. The highest BCUT2D eigenvalue weighted by Crippen LogP contribution is 2.34. The maximum atomic E-state index is 12.3. The van der Waals surface area contributed by atoms with Crippen molar-refractivity contribution in [3.63, 3.8) is 0 Å². The molecule has 0 saturated heterocycles. The summed E-state index contributed by atoms with van der Waals surface area (Å²) in [5.74, 6) is 1.49. The van der Waals surface area contributed by atoms with Gasteiger partial charge < -0.3 is 16.4 Å². The monoisotopic (exact) mass is 296 g/mol. The molecule has 4 N–H and O–H groups in total. The Morgan fingerprint density at radius 2 is 2.20 bits per heavy atom. The van der Waals surface area contributed by atoms with Crippen LogP contribution in [-0.2, 0) is 0 Å². The van der Waals surface area contributed by atoms with Gasteiger partial charge in [-0.25, -0.2) is 4.98 Å². The molecule has 5 nitrogen and oxygen atoms in total. The lowest BCUT2D eigenvalue weighted by Crippen LogP contribution is -2.37. The number of rotatable bonds is 5. The molecular formula is C14H24N4OS. The zero-order valence-corrected chi connectivity index (χ0v) is 13.2. The van der Waals surface area contributed by atoms with Crippen LogP contribution in [0.2, 0.25) is 0 Å². The first-order valence-corrected chi connectivity index (χ1v) is 8.19. The molecule has 1 amide bonds. The van der Waals surface area contributed by atoms with Crippen molar-refractivity contribution in [1.29, 1.82) is 0 Å². The first kappa shape index (κ1) is 15.1. The minimum absolute atomic E-state index is 0.0854. The third-order valence-electron chi connectivity index (χ3n) is 4.26. The molecule has 3 atom stereocenters. The Hall–Kier alpha value is -1.30. The van der Waals surface area contributed by atoms with Gasteiger partial charge in [0.2, 0.25) is 0 Å². The van der Waals surface area contributed by atoms with Crippen molar-refractivity contribution in [2.75, 3.05) is 17.6 Å². The Morgan fingerprint density at radius 3 is 2.80 bits per heavy atom. The van der Waals surface area contributed by atoms with Gasteiger partial charge in [-0.3, -0.25) is 4.79 Å². The quantitative estimate of drug-likeness (QED) is 0.780. The number of nitrogens with zero attached hydrogens (tertiary/aromatic N) is 1. The zero-order chi connectivity index (χ0) is 14.7. The second kappa shape index (κ2) is 6.43. The Kier molecular flexibility index (Phi) is 4.86. The van der Waals surface area contributed by atoms with Crippen molar-refractivity contribution in [3.05, 3.63) is 4.88 Å². The number of amides is 1. The Bertz CT molecular complexity index is 474. The highest BCUT2D eigenvalue weighted by atomic mass is 32.1. The van der Waals surface area contributed by atoms with Crippen LogP contribution in [0.5, 0.6) is 0 Å². The van der Waals surface area contributed by atoms with Crippen LogP contribution in [0.1, 0.15) is 49.7 Å². The van der Waals surface area contributed by atoms with Crippen LogP contribution >= 0.6 is 11.3 Å². The van der Waals surface area contributed by atoms with Gasteiger partial charge in [0.25, 0.3) is 5.91 Å². The SMILES string of the molecule is CCNc1nc(N)c(C(=O)NC2CCC(CC)C2C)s1. The number of carbonyl (C=O) groups is 1. The second-order valence-corrected chi connectivity index (χ2v) is 6.45. The van der Waals surface area contributed by atoms with E-state index in [0.29, 0.717) is 21.7 Å². The van der Waals surface area contributed by atoms with E-state index in [4.69, 9.17) is 5.73 Å². The summed E-state index contributed by atoms with van der Waals surface area (Å²) in [5.41, 5.74) is 5.83. The summed E-state index contributed by atoms with van der Waals surface area (Å²) in [6, 6.07) is 0.261. The number of nitrogens with one attached hydrogen (secondary N) is 2. The Labute approximate surface area is 124 Å². The van der Waals surface area contributed by atoms with Crippen LogP contribution in [0.3, 0.4) is 0 Å². The van der Waals surface area contributed by atoms with E-state index in [1.165, 1.54) is 24.2 Å². The highest BCUT2D eigenvalue weighted by molar-refractivity contribution is 7.18. The van der Waals surface area contributed by atoms with E-state index >= 15 is 0 Å². The van der Waals surface area contributed by atoms with E-state index < -0.39 is 0 Å². The predicted molar refractivity (Wildman–Crippen MR) is 84.1 cm³/mol. The maximum Gasteiger partial charge on any atom is 0.265 e. The van der Waals surface area contributed by atoms with Gasteiger partial charge in [-0.05, 0) is 31.6 Å². The first-order valence-electron chi connectivity index (χ1n) is 7.37. The van der Waals surface area contributed by atoms with Gasteiger partial charge in [0.15, 0.2) is 5.13 Å². The molecule has 1 aliphatic rings. The van der Waals surface area contributed by atoms with Gasteiger partial charge in [0.1, 0.15) is 10.7 Å². The number of nitrogen functional groups attached to an aromatic ring is 1. The van der Waals surface area contributed by atoms with E-state index in [1.807, 2.05) is 6.92 Å². The van der Waals surface area contributed by atoms with Gasteiger partial charge in [-0.1, -0.05) is 31.6 Å². The van der Waals surface area contributed by atoms with Crippen LogP contribution in [0.25, 0.3) is 0 Å². The molecule has 0 aromatic carbocycles. The van der Waals surface area contributed by atoms with Crippen molar-refractivity contribution in [3.8, 4) is 0 Å². The molecule has 2 rings (SSSR count). The first-order chi connectivity index (χ1) is 9.56.